The van der Waals surface area contributed by atoms with Gasteiger partial charge in [-0.05, 0) is 63.5 Å². The first-order valence-corrected chi connectivity index (χ1v) is 14.6. The van der Waals surface area contributed by atoms with Crippen LogP contribution in [0.5, 0.6) is 17.2 Å². The van der Waals surface area contributed by atoms with Gasteiger partial charge in [0.05, 0.1) is 44.8 Å². The summed E-state index contributed by atoms with van der Waals surface area (Å²) in [5, 5.41) is 9.83. The molecule has 7 nitrogen and oxygen atoms in total. The highest BCUT2D eigenvalue weighted by Crippen LogP contribution is 2.40. The Hall–Kier alpha value is -5.82. The molecule has 222 valence electrons. The van der Waals surface area contributed by atoms with E-state index < -0.39 is 0 Å². The highest BCUT2D eigenvalue weighted by Gasteiger charge is 2.17. The molecule has 0 saturated carbocycles. The molecule has 7 rings (SSSR count). The Morgan fingerprint density at radius 1 is 0.756 bits per heavy atom. The molecule has 1 amide bonds. The molecule has 0 unspecified atom stereocenters. The Morgan fingerprint density at radius 2 is 1.42 bits per heavy atom. The van der Waals surface area contributed by atoms with Crippen molar-refractivity contribution in [1.82, 2.24) is 15.3 Å². The van der Waals surface area contributed by atoms with Gasteiger partial charge in [0.2, 0.25) is 11.7 Å². The summed E-state index contributed by atoms with van der Waals surface area (Å²) in [5.74, 6) is 1.28. The van der Waals surface area contributed by atoms with Crippen molar-refractivity contribution in [3.8, 4) is 28.5 Å². The monoisotopic (exact) mass is 593 g/mol. The van der Waals surface area contributed by atoms with Crippen molar-refractivity contribution in [1.29, 1.82) is 0 Å². The maximum absolute atomic E-state index is 13.0. The number of amides is 1. The van der Waals surface area contributed by atoms with Gasteiger partial charge in [-0.25, -0.2) is 4.98 Å². The van der Waals surface area contributed by atoms with Gasteiger partial charge in [0.15, 0.2) is 11.5 Å². The quantitative estimate of drug-likeness (QED) is 0.138. The van der Waals surface area contributed by atoms with E-state index in [-0.39, 0.29) is 12.5 Å². The number of nitrogens with one attached hydrogen (secondary N) is 2. The molecule has 2 aromatic heterocycles. The molecular formula is C38H31N3O4. The SMILES string of the molecule is COc1cc(/C=C/C(=O)NCc2cc3c([nH]c4ccccc43)c(-c3cc4ccccc4c4ccccc34)n2)cc(OC)c1OC. The predicted molar refractivity (Wildman–Crippen MR) is 181 cm³/mol. The third-order valence-electron chi connectivity index (χ3n) is 8.13. The lowest BCUT2D eigenvalue weighted by molar-refractivity contribution is -0.116. The molecule has 0 aliphatic heterocycles. The van der Waals surface area contributed by atoms with E-state index in [1.54, 1.807) is 39.5 Å². The zero-order chi connectivity index (χ0) is 30.9. The van der Waals surface area contributed by atoms with Gasteiger partial charge in [0, 0.05) is 27.9 Å². The summed E-state index contributed by atoms with van der Waals surface area (Å²) in [6.45, 7) is 0.256. The number of pyridine rings is 1. The maximum atomic E-state index is 13.0. The lowest BCUT2D eigenvalue weighted by atomic mass is 9.94. The van der Waals surface area contributed by atoms with Crippen LogP contribution in [0.1, 0.15) is 11.3 Å². The van der Waals surface area contributed by atoms with Crippen molar-refractivity contribution in [2.24, 2.45) is 0 Å². The minimum atomic E-state index is -0.248. The van der Waals surface area contributed by atoms with Gasteiger partial charge in [0.25, 0.3) is 0 Å². The fourth-order valence-electron chi connectivity index (χ4n) is 6.04. The molecule has 2 N–H and O–H groups in total. The molecular weight excluding hydrogens is 562 g/mol. The first-order valence-electron chi connectivity index (χ1n) is 14.6. The Balaban J connectivity index is 1.27. The van der Waals surface area contributed by atoms with Crippen molar-refractivity contribution in [2.75, 3.05) is 21.3 Å². The molecule has 0 aliphatic rings. The molecule has 0 atom stereocenters. The van der Waals surface area contributed by atoms with E-state index in [1.165, 1.54) is 16.8 Å². The predicted octanol–water partition coefficient (Wildman–Crippen LogP) is 8.04. The van der Waals surface area contributed by atoms with Gasteiger partial charge in [-0.2, -0.15) is 0 Å². The Labute approximate surface area is 260 Å². The number of benzene rings is 5. The molecule has 0 fully saturated rings. The number of methoxy groups -OCH3 is 3. The number of carbonyl (C=O) groups is 1. The number of nitrogens with zero attached hydrogens (tertiary/aromatic N) is 1. The van der Waals surface area contributed by atoms with Crippen LogP contribution < -0.4 is 19.5 Å². The average molecular weight is 594 g/mol. The first-order chi connectivity index (χ1) is 22.1. The Kier molecular flexibility index (Phi) is 7.27. The standard InChI is InChI=1S/C38H31N3O4/c1-43-33-18-23(19-34(44-2)38(33)45-3)16-17-35(42)39-22-25-21-31-29-14-8-9-15-32(29)41-37(31)36(40-25)30-20-24-10-4-5-11-26(24)27-12-6-7-13-28(27)30/h4-21,41H,22H2,1-3H3,(H,39,42)/b17-16+. The Bertz CT molecular complexity index is 2240. The van der Waals surface area contributed by atoms with Crippen LogP contribution in [-0.2, 0) is 11.3 Å². The fourth-order valence-corrected chi connectivity index (χ4v) is 6.04. The van der Waals surface area contributed by atoms with Gasteiger partial charge in [-0.15, -0.1) is 0 Å². The number of para-hydroxylation sites is 1. The number of H-pyrrole nitrogens is 1. The van der Waals surface area contributed by atoms with Gasteiger partial charge in [-0.3, -0.25) is 4.79 Å². The van der Waals surface area contributed by atoms with Crippen LogP contribution in [0.2, 0.25) is 0 Å². The number of rotatable bonds is 8. The molecule has 0 aliphatic carbocycles. The van der Waals surface area contributed by atoms with Gasteiger partial charge < -0.3 is 24.5 Å². The smallest absolute Gasteiger partial charge is 0.244 e. The van der Waals surface area contributed by atoms with Crippen LogP contribution in [0.4, 0.5) is 0 Å². The van der Waals surface area contributed by atoms with Crippen LogP contribution in [0.3, 0.4) is 0 Å². The van der Waals surface area contributed by atoms with Crippen molar-refractivity contribution in [3.63, 3.8) is 0 Å². The van der Waals surface area contributed by atoms with E-state index in [1.807, 2.05) is 12.1 Å². The second kappa shape index (κ2) is 11.7. The largest absolute Gasteiger partial charge is 0.493 e. The molecule has 0 spiro atoms. The summed E-state index contributed by atoms with van der Waals surface area (Å²) in [7, 11) is 4.67. The zero-order valence-electron chi connectivity index (χ0n) is 25.2. The third-order valence-corrected chi connectivity index (χ3v) is 8.13. The van der Waals surface area contributed by atoms with Crippen LogP contribution in [0, 0.1) is 0 Å². The van der Waals surface area contributed by atoms with E-state index in [0.717, 1.165) is 55.1 Å². The van der Waals surface area contributed by atoms with E-state index in [2.05, 4.69) is 83.1 Å². The number of aromatic nitrogens is 2. The van der Waals surface area contributed by atoms with Crippen LogP contribution in [0.25, 0.3) is 60.7 Å². The fraction of sp³-hybridized carbons (Fsp3) is 0.105. The zero-order valence-corrected chi connectivity index (χ0v) is 25.2. The minimum Gasteiger partial charge on any atom is -0.493 e. The third kappa shape index (κ3) is 5.08. The minimum absolute atomic E-state index is 0.248. The van der Waals surface area contributed by atoms with Crippen molar-refractivity contribution >= 4 is 55.3 Å². The van der Waals surface area contributed by atoms with Gasteiger partial charge >= 0.3 is 0 Å². The summed E-state index contributed by atoms with van der Waals surface area (Å²) in [6, 6.07) is 33.0. The van der Waals surface area contributed by atoms with Gasteiger partial charge in [-0.1, -0.05) is 66.7 Å². The van der Waals surface area contributed by atoms with E-state index in [9.17, 15) is 4.79 Å². The first kappa shape index (κ1) is 28.0. The topological polar surface area (TPSA) is 85.5 Å². The molecule has 45 heavy (non-hydrogen) atoms. The summed E-state index contributed by atoms with van der Waals surface area (Å²) >= 11 is 0. The van der Waals surface area contributed by atoms with Crippen molar-refractivity contribution < 1.29 is 19.0 Å². The molecule has 5 aromatic carbocycles. The maximum Gasteiger partial charge on any atom is 0.244 e. The summed E-state index contributed by atoms with van der Waals surface area (Å²) in [5.41, 5.74) is 5.39. The number of fused-ring (bicyclic) bond motifs is 6. The summed E-state index contributed by atoms with van der Waals surface area (Å²) < 4.78 is 16.3. The molecule has 0 radical (unpaired) electrons. The summed E-state index contributed by atoms with van der Waals surface area (Å²) in [6.07, 6.45) is 3.20. The van der Waals surface area contributed by atoms with Crippen molar-refractivity contribution in [3.05, 3.63) is 114 Å². The average Bonchev–Trinajstić information content (AvgIpc) is 3.47. The number of hydrogen-bond donors (Lipinski definition) is 2. The highest BCUT2D eigenvalue weighted by atomic mass is 16.5. The number of ether oxygens (including phenoxy) is 3. The molecule has 0 saturated heterocycles. The van der Waals surface area contributed by atoms with Crippen LogP contribution in [0.15, 0.2) is 103 Å². The van der Waals surface area contributed by atoms with E-state index in [4.69, 9.17) is 19.2 Å². The molecule has 0 bridgehead atoms. The number of hydrogen-bond acceptors (Lipinski definition) is 5. The molecule has 7 aromatic rings. The van der Waals surface area contributed by atoms with Crippen LogP contribution in [-0.4, -0.2) is 37.2 Å². The normalized spacial score (nSPS) is 11.5. The lowest BCUT2D eigenvalue weighted by Gasteiger charge is -2.13. The second-order valence-corrected chi connectivity index (χ2v) is 10.8. The summed E-state index contributed by atoms with van der Waals surface area (Å²) in [4.78, 5) is 21.8. The van der Waals surface area contributed by atoms with Crippen molar-refractivity contribution in [2.45, 2.75) is 6.54 Å². The van der Waals surface area contributed by atoms with Crippen LogP contribution >= 0.6 is 0 Å². The van der Waals surface area contributed by atoms with E-state index in [0.29, 0.717) is 17.2 Å². The number of carbonyl (C=O) groups excluding carboxylic acids is 1. The highest BCUT2D eigenvalue weighted by molar-refractivity contribution is 6.18. The molecule has 2 heterocycles. The second-order valence-electron chi connectivity index (χ2n) is 10.8. The lowest BCUT2D eigenvalue weighted by Crippen LogP contribution is -2.21. The number of aromatic amines is 1. The molecule has 7 heteroatoms. The van der Waals surface area contributed by atoms with Gasteiger partial charge in [0.1, 0.15) is 0 Å². The Morgan fingerprint density at radius 3 is 2.16 bits per heavy atom. The van der Waals surface area contributed by atoms with E-state index >= 15 is 0 Å².